The lowest BCUT2D eigenvalue weighted by Crippen LogP contribution is -2.35. The van der Waals surface area contributed by atoms with Crippen LogP contribution in [0, 0.1) is 11.8 Å². The number of nitrogens with zero attached hydrogens (tertiary/aromatic N) is 1. The second-order valence-electron chi connectivity index (χ2n) is 4.69. The van der Waals surface area contributed by atoms with Crippen molar-refractivity contribution >= 4 is 27.5 Å². The molecule has 3 nitrogen and oxygen atoms in total. The molecule has 1 N–H and O–H groups in total. The van der Waals surface area contributed by atoms with Gasteiger partial charge in [0.1, 0.15) is 0 Å². The summed E-state index contributed by atoms with van der Waals surface area (Å²) in [6.07, 6.45) is 6.50. The normalized spacial score (nSPS) is 26.8. The van der Waals surface area contributed by atoms with Gasteiger partial charge in [0.25, 0.3) is 5.91 Å². The van der Waals surface area contributed by atoms with Gasteiger partial charge in [-0.05, 0) is 37.0 Å². The van der Waals surface area contributed by atoms with Crippen LogP contribution >= 0.6 is 15.9 Å². The fourth-order valence-corrected chi connectivity index (χ4v) is 2.88. The number of halogens is 1. The summed E-state index contributed by atoms with van der Waals surface area (Å²) in [6.45, 7) is 0. The fraction of sp³-hybridized carbons (Fsp3) is 0.286. The molecule has 0 bridgehead atoms. The van der Waals surface area contributed by atoms with E-state index in [1.165, 1.54) is 0 Å². The topological polar surface area (TPSA) is 41.5 Å². The van der Waals surface area contributed by atoms with E-state index in [9.17, 15) is 4.79 Å². The number of fused-ring (bicyclic) bond motifs is 1. The largest absolute Gasteiger partial charge is 0.271 e. The molecule has 0 saturated heterocycles. The third-order valence-electron chi connectivity index (χ3n) is 3.55. The van der Waals surface area contributed by atoms with Crippen molar-refractivity contribution in [1.82, 2.24) is 5.43 Å². The van der Waals surface area contributed by atoms with Crippen molar-refractivity contribution in [3.05, 3.63) is 46.5 Å². The summed E-state index contributed by atoms with van der Waals surface area (Å²) in [5, 5.41) is 4.24. The Balaban J connectivity index is 1.64. The summed E-state index contributed by atoms with van der Waals surface area (Å²) in [4.78, 5) is 11.9. The molecule has 0 spiro atoms. The Morgan fingerprint density at radius 3 is 3.11 bits per heavy atom. The second kappa shape index (κ2) is 4.69. The average molecular weight is 305 g/mol. The van der Waals surface area contributed by atoms with Crippen LogP contribution in [0.4, 0.5) is 0 Å². The molecule has 0 aromatic heterocycles. The van der Waals surface area contributed by atoms with Crippen LogP contribution in [0.15, 0.2) is 46.0 Å². The molecule has 2 aliphatic carbocycles. The minimum absolute atomic E-state index is 0.154. The zero-order valence-electron chi connectivity index (χ0n) is 9.77. The number of benzene rings is 1. The number of allylic oxidation sites excluding steroid dienone is 2. The highest BCUT2D eigenvalue weighted by Gasteiger charge is 2.37. The van der Waals surface area contributed by atoms with Crippen LogP contribution in [-0.2, 0) is 0 Å². The first-order valence-corrected chi connectivity index (χ1v) is 6.82. The molecule has 1 saturated carbocycles. The molecule has 1 fully saturated rings. The van der Waals surface area contributed by atoms with Crippen LogP contribution in [0.1, 0.15) is 23.2 Å². The van der Waals surface area contributed by atoms with Crippen molar-refractivity contribution in [3.63, 3.8) is 0 Å². The molecular formula is C14H13BrN2O. The summed E-state index contributed by atoms with van der Waals surface area (Å²) in [5.41, 5.74) is 4.38. The van der Waals surface area contributed by atoms with E-state index in [1.807, 2.05) is 12.1 Å². The zero-order chi connectivity index (χ0) is 12.5. The highest BCUT2D eigenvalue weighted by molar-refractivity contribution is 9.10. The molecule has 1 aromatic rings. The highest BCUT2D eigenvalue weighted by atomic mass is 79.9. The van der Waals surface area contributed by atoms with E-state index >= 15 is 0 Å². The number of hydrogen-bond donors (Lipinski definition) is 1. The maximum Gasteiger partial charge on any atom is 0.271 e. The van der Waals surface area contributed by atoms with E-state index in [0.717, 1.165) is 23.0 Å². The number of rotatable bonds is 2. The second-order valence-corrected chi connectivity index (χ2v) is 5.61. The maximum absolute atomic E-state index is 11.9. The average Bonchev–Trinajstić information content (AvgIpc) is 2.71. The van der Waals surface area contributed by atoms with Gasteiger partial charge in [0.2, 0.25) is 0 Å². The zero-order valence-corrected chi connectivity index (χ0v) is 11.4. The van der Waals surface area contributed by atoms with E-state index in [4.69, 9.17) is 0 Å². The minimum atomic E-state index is -0.154. The molecule has 0 aliphatic heterocycles. The Kier molecular flexibility index (Phi) is 3.04. The predicted molar refractivity (Wildman–Crippen MR) is 74.4 cm³/mol. The van der Waals surface area contributed by atoms with E-state index < -0.39 is 0 Å². The van der Waals surface area contributed by atoms with Gasteiger partial charge in [-0.2, -0.15) is 5.10 Å². The van der Waals surface area contributed by atoms with Crippen LogP contribution in [0.25, 0.3) is 0 Å². The summed E-state index contributed by atoms with van der Waals surface area (Å²) in [5.74, 6) is 1.04. The van der Waals surface area contributed by atoms with Gasteiger partial charge >= 0.3 is 0 Å². The van der Waals surface area contributed by atoms with Crippen molar-refractivity contribution in [2.24, 2.45) is 16.9 Å². The van der Waals surface area contributed by atoms with Crippen LogP contribution in [-0.4, -0.2) is 11.6 Å². The van der Waals surface area contributed by atoms with Crippen LogP contribution in [0.3, 0.4) is 0 Å². The molecule has 0 heterocycles. The Morgan fingerprint density at radius 1 is 1.44 bits per heavy atom. The lowest BCUT2D eigenvalue weighted by Gasteiger charge is -2.31. The first-order valence-electron chi connectivity index (χ1n) is 6.03. The van der Waals surface area contributed by atoms with Gasteiger partial charge in [-0.3, -0.25) is 4.79 Å². The number of carbonyl (C=O) groups is 1. The van der Waals surface area contributed by atoms with Gasteiger partial charge in [-0.25, -0.2) is 5.43 Å². The van der Waals surface area contributed by atoms with Gasteiger partial charge in [0.15, 0.2) is 0 Å². The third-order valence-corrected chi connectivity index (χ3v) is 4.04. The summed E-state index contributed by atoms with van der Waals surface area (Å²) < 4.78 is 0.895. The third kappa shape index (κ3) is 2.12. The smallest absolute Gasteiger partial charge is 0.267 e. The van der Waals surface area contributed by atoms with E-state index in [-0.39, 0.29) is 5.91 Å². The molecule has 18 heavy (non-hydrogen) atoms. The molecule has 92 valence electrons. The summed E-state index contributed by atoms with van der Waals surface area (Å²) in [6, 6.07) is 7.30. The number of carbonyl (C=O) groups excluding carboxylic acids is 1. The number of hydrogen-bond acceptors (Lipinski definition) is 2. The molecular weight excluding hydrogens is 292 g/mol. The van der Waals surface area contributed by atoms with Gasteiger partial charge in [0.05, 0.1) is 0 Å². The molecule has 3 rings (SSSR count). The first kappa shape index (κ1) is 11.7. The number of amides is 1. The SMILES string of the molecule is O=C(NN=C1CC2C=CCC12)c1cccc(Br)c1. The highest BCUT2D eigenvalue weighted by Crippen LogP contribution is 2.40. The summed E-state index contributed by atoms with van der Waals surface area (Å²) >= 11 is 3.35. The lowest BCUT2D eigenvalue weighted by molar-refractivity contribution is 0.0954. The summed E-state index contributed by atoms with van der Waals surface area (Å²) in [7, 11) is 0. The van der Waals surface area contributed by atoms with E-state index in [1.54, 1.807) is 12.1 Å². The van der Waals surface area contributed by atoms with E-state index in [2.05, 4.69) is 38.6 Å². The molecule has 1 aromatic carbocycles. The molecule has 4 heteroatoms. The van der Waals surface area contributed by atoms with Crippen molar-refractivity contribution in [2.45, 2.75) is 12.8 Å². The Labute approximate surface area is 114 Å². The van der Waals surface area contributed by atoms with Gasteiger partial charge < -0.3 is 0 Å². The molecule has 1 amide bonds. The standard InChI is InChI=1S/C14H13BrN2O/c15-11-5-1-4-10(7-11)14(18)17-16-13-8-9-3-2-6-12(9)13/h1-5,7,9,12H,6,8H2,(H,17,18). The molecule has 2 aliphatic rings. The molecule has 0 radical (unpaired) electrons. The van der Waals surface area contributed by atoms with Crippen molar-refractivity contribution < 1.29 is 4.79 Å². The van der Waals surface area contributed by atoms with E-state index in [0.29, 0.717) is 17.4 Å². The van der Waals surface area contributed by atoms with Gasteiger partial charge in [-0.1, -0.05) is 34.1 Å². The number of hydrazone groups is 1. The monoisotopic (exact) mass is 304 g/mol. The maximum atomic E-state index is 11.9. The lowest BCUT2D eigenvalue weighted by atomic mass is 9.74. The minimum Gasteiger partial charge on any atom is -0.267 e. The van der Waals surface area contributed by atoms with Crippen molar-refractivity contribution in [3.8, 4) is 0 Å². The molecule has 2 unspecified atom stereocenters. The predicted octanol–water partition coefficient (Wildman–Crippen LogP) is 3.13. The fourth-order valence-electron chi connectivity index (χ4n) is 2.48. The van der Waals surface area contributed by atoms with Crippen LogP contribution < -0.4 is 5.43 Å². The Bertz CT molecular complexity index is 550. The quantitative estimate of drug-likeness (QED) is 0.662. The van der Waals surface area contributed by atoms with Crippen molar-refractivity contribution in [1.29, 1.82) is 0 Å². The Morgan fingerprint density at radius 2 is 2.33 bits per heavy atom. The Hall–Kier alpha value is -1.42. The number of nitrogens with one attached hydrogen (secondary N) is 1. The van der Waals surface area contributed by atoms with Gasteiger partial charge in [0, 0.05) is 21.7 Å². The van der Waals surface area contributed by atoms with Crippen LogP contribution in [0.2, 0.25) is 0 Å². The van der Waals surface area contributed by atoms with Gasteiger partial charge in [-0.15, -0.1) is 0 Å². The van der Waals surface area contributed by atoms with Crippen molar-refractivity contribution in [2.75, 3.05) is 0 Å². The molecule has 2 atom stereocenters. The first-order chi connectivity index (χ1) is 8.74. The van der Waals surface area contributed by atoms with Crippen LogP contribution in [0.5, 0.6) is 0 Å².